The van der Waals surface area contributed by atoms with E-state index in [4.69, 9.17) is 4.74 Å². The first kappa shape index (κ1) is 25.4. The summed E-state index contributed by atoms with van der Waals surface area (Å²) in [7, 11) is 0. The Morgan fingerprint density at radius 3 is 2.58 bits per heavy atom. The van der Waals surface area contributed by atoms with E-state index in [1.807, 2.05) is 24.3 Å². The van der Waals surface area contributed by atoms with Crippen LogP contribution in [0.15, 0.2) is 42.6 Å². The van der Waals surface area contributed by atoms with Gasteiger partial charge in [0, 0.05) is 6.07 Å². The number of carbonyl (C=O) groups is 2. The number of anilines is 1. The quantitative estimate of drug-likeness (QED) is 0.212. The van der Waals surface area contributed by atoms with Crippen LogP contribution < -0.4 is 15.4 Å². The minimum absolute atomic E-state index is 0.0309. The van der Waals surface area contributed by atoms with Gasteiger partial charge in [0.2, 0.25) is 0 Å². The van der Waals surface area contributed by atoms with Gasteiger partial charge in [-0.05, 0) is 48.6 Å². The fourth-order valence-corrected chi connectivity index (χ4v) is 4.80. The molecular weight excluding hydrogens is 510 g/mol. The largest absolute Gasteiger partial charge is 0.390 e. The molecule has 0 spiro atoms. The Labute approximate surface area is 221 Å². The van der Waals surface area contributed by atoms with Crippen molar-refractivity contribution in [3.05, 3.63) is 63.1 Å². The van der Waals surface area contributed by atoms with Crippen LogP contribution in [0.1, 0.15) is 48.8 Å². The fraction of sp³-hybridized carbons (Fsp3) is 0.320. The summed E-state index contributed by atoms with van der Waals surface area (Å²) in [6, 6.07) is 9.75. The summed E-state index contributed by atoms with van der Waals surface area (Å²) in [6.07, 6.45) is 2.99. The number of esters is 1. The Morgan fingerprint density at radius 2 is 1.95 bits per heavy atom. The molecule has 0 unspecified atom stereocenters. The summed E-state index contributed by atoms with van der Waals surface area (Å²) in [5.41, 5.74) is 2.14. The summed E-state index contributed by atoms with van der Waals surface area (Å²) in [5, 5.41) is 21.5. The van der Waals surface area contributed by atoms with Crippen molar-refractivity contribution in [1.82, 2.24) is 25.1 Å². The number of nitro groups is 1. The number of hydrogen-bond donors (Lipinski definition) is 2. The van der Waals surface area contributed by atoms with Crippen molar-refractivity contribution in [1.29, 1.82) is 0 Å². The summed E-state index contributed by atoms with van der Waals surface area (Å²) >= 11 is 0.742. The average Bonchev–Trinajstić information content (AvgIpc) is 3.64. The molecular formula is C25H25N7O5S. The van der Waals surface area contributed by atoms with E-state index >= 15 is 0 Å². The van der Waals surface area contributed by atoms with Crippen LogP contribution >= 0.6 is 11.3 Å². The van der Waals surface area contributed by atoms with E-state index in [1.54, 1.807) is 4.68 Å². The number of carbonyl (C=O) groups excluding carboxylic acids is 2. The molecule has 1 amide bonds. The predicted molar refractivity (Wildman–Crippen MR) is 141 cm³/mol. The lowest BCUT2D eigenvalue weighted by Crippen LogP contribution is -2.34. The Hall–Kier alpha value is -4.23. The summed E-state index contributed by atoms with van der Waals surface area (Å²) in [6.45, 7) is 7.08. The first-order valence-corrected chi connectivity index (χ1v) is 12.8. The number of ether oxygens (including phenoxy) is 1. The summed E-state index contributed by atoms with van der Waals surface area (Å²) < 4.78 is 7.06. The number of amides is 1. The highest BCUT2D eigenvalue weighted by molar-refractivity contribution is 7.17. The second-order valence-corrected chi connectivity index (χ2v) is 10.9. The van der Waals surface area contributed by atoms with E-state index in [9.17, 15) is 19.7 Å². The maximum Gasteiger partial charge on any atom is 0.330 e. The highest BCUT2D eigenvalue weighted by Crippen LogP contribution is 2.29. The lowest BCUT2D eigenvalue weighted by molar-refractivity contribution is -0.380. The number of benzene rings is 1. The third-order valence-corrected chi connectivity index (χ3v) is 7.19. The standard InChI is InChI=1S/C25H25N7O5S/c1-25(2,3)14-6-8-15(9-7-14)31-21-16(13-27-31)20(28-22(33)18-10-11-19(38-18)32(35)36)29-24(30-21)37-23(34)17-5-4-12-26-17/h6-11,13,17,26H,4-5,12H2,1-3H3,(H,28,29,30,33)/t17-/m0/s1. The first-order valence-electron chi connectivity index (χ1n) is 12.0. The lowest BCUT2D eigenvalue weighted by Gasteiger charge is -2.19. The number of hydrogen-bond acceptors (Lipinski definition) is 10. The second kappa shape index (κ2) is 9.91. The van der Waals surface area contributed by atoms with Gasteiger partial charge in [0.1, 0.15) is 6.04 Å². The van der Waals surface area contributed by atoms with Gasteiger partial charge < -0.3 is 15.4 Å². The Bertz CT molecular complexity index is 1530. The molecule has 0 bridgehead atoms. The molecule has 0 aliphatic carbocycles. The van der Waals surface area contributed by atoms with E-state index in [-0.39, 0.29) is 27.1 Å². The molecule has 12 nitrogen and oxygen atoms in total. The van der Waals surface area contributed by atoms with Gasteiger partial charge in [0.15, 0.2) is 11.5 Å². The maximum atomic E-state index is 12.9. The molecule has 1 atom stereocenters. The molecule has 3 aromatic heterocycles. The molecule has 0 radical (unpaired) electrons. The van der Waals surface area contributed by atoms with E-state index in [1.165, 1.54) is 18.3 Å². The Morgan fingerprint density at radius 1 is 1.18 bits per heavy atom. The second-order valence-electron chi connectivity index (χ2n) is 9.86. The van der Waals surface area contributed by atoms with E-state index in [2.05, 4.69) is 46.5 Å². The fourth-order valence-electron chi connectivity index (χ4n) is 4.08. The maximum absolute atomic E-state index is 12.9. The third-order valence-electron chi connectivity index (χ3n) is 6.15. The van der Waals surface area contributed by atoms with Gasteiger partial charge in [-0.25, -0.2) is 9.48 Å². The van der Waals surface area contributed by atoms with Gasteiger partial charge in [-0.2, -0.15) is 15.1 Å². The molecule has 13 heteroatoms. The van der Waals surface area contributed by atoms with Crippen LogP contribution in [0.25, 0.3) is 16.7 Å². The minimum Gasteiger partial charge on any atom is -0.390 e. The Kier molecular flexibility index (Phi) is 6.63. The molecule has 1 aromatic carbocycles. The molecule has 4 heterocycles. The molecule has 0 saturated carbocycles. The van der Waals surface area contributed by atoms with E-state index in [0.717, 1.165) is 23.3 Å². The normalized spacial score (nSPS) is 15.5. The van der Waals surface area contributed by atoms with Gasteiger partial charge in [-0.3, -0.25) is 14.9 Å². The monoisotopic (exact) mass is 535 g/mol. The smallest absolute Gasteiger partial charge is 0.330 e. The molecule has 1 saturated heterocycles. The summed E-state index contributed by atoms with van der Waals surface area (Å²) in [5.74, 6) is -1.05. The van der Waals surface area contributed by atoms with Crippen LogP contribution in [0.2, 0.25) is 0 Å². The van der Waals surface area contributed by atoms with E-state index < -0.39 is 22.8 Å². The molecule has 1 aliphatic rings. The van der Waals surface area contributed by atoms with E-state index in [0.29, 0.717) is 29.7 Å². The van der Waals surface area contributed by atoms with Gasteiger partial charge in [0.05, 0.1) is 27.1 Å². The van der Waals surface area contributed by atoms with Crippen LogP contribution in [0, 0.1) is 10.1 Å². The number of nitrogens with one attached hydrogen (secondary N) is 2. The van der Waals surface area contributed by atoms with Gasteiger partial charge in [-0.15, -0.1) is 0 Å². The number of thiophene rings is 1. The SMILES string of the molecule is CC(C)(C)c1ccc(-n2ncc3c(NC(=O)c4ccc([N+](=O)[O-])s4)nc(OC(=O)[C@@H]4CCCN4)nc32)cc1. The highest BCUT2D eigenvalue weighted by Gasteiger charge is 2.26. The first-order chi connectivity index (χ1) is 18.1. The van der Waals surface area contributed by atoms with Crippen LogP contribution in [0.4, 0.5) is 10.8 Å². The van der Waals surface area contributed by atoms with Crippen molar-refractivity contribution in [2.45, 2.75) is 45.1 Å². The number of aromatic nitrogens is 4. The number of fused-ring (bicyclic) bond motifs is 1. The van der Waals surface area contributed by atoms with Crippen molar-refractivity contribution < 1.29 is 19.2 Å². The highest BCUT2D eigenvalue weighted by atomic mass is 32.1. The predicted octanol–water partition coefficient (Wildman–Crippen LogP) is 3.99. The zero-order chi connectivity index (χ0) is 27.0. The molecule has 1 fully saturated rings. The third kappa shape index (κ3) is 5.10. The van der Waals surface area contributed by atoms with Crippen molar-refractivity contribution >= 4 is 45.1 Å². The van der Waals surface area contributed by atoms with Crippen molar-refractivity contribution in [2.75, 3.05) is 11.9 Å². The van der Waals surface area contributed by atoms with Crippen LogP contribution in [0.3, 0.4) is 0 Å². The van der Waals surface area contributed by atoms with Gasteiger partial charge >= 0.3 is 17.0 Å². The molecule has 196 valence electrons. The van der Waals surface area contributed by atoms with Crippen LogP contribution in [-0.2, 0) is 10.2 Å². The molecule has 4 aromatic rings. The summed E-state index contributed by atoms with van der Waals surface area (Å²) in [4.78, 5) is 44.9. The zero-order valence-electron chi connectivity index (χ0n) is 20.9. The van der Waals surface area contributed by atoms with Gasteiger partial charge in [-0.1, -0.05) is 44.2 Å². The van der Waals surface area contributed by atoms with Crippen molar-refractivity contribution in [2.24, 2.45) is 0 Å². The molecule has 1 aliphatic heterocycles. The van der Waals surface area contributed by atoms with Crippen LogP contribution in [-0.4, -0.2) is 49.1 Å². The minimum atomic E-state index is -0.597. The zero-order valence-corrected chi connectivity index (χ0v) is 21.7. The lowest BCUT2D eigenvalue weighted by atomic mass is 9.87. The number of nitrogens with zero attached hydrogens (tertiary/aromatic N) is 5. The molecule has 5 rings (SSSR count). The molecule has 2 N–H and O–H groups in total. The number of rotatable bonds is 6. The topological polar surface area (TPSA) is 154 Å². The van der Waals surface area contributed by atoms with Crippen LogP contribution in [0.5, 0.6) is 6.01 Å². The Balaban J connectivity index is 1.53. The average molecular weight is 536 g/mol. The molecule has 38 heavy (non-hydrogen) atoms. The van der Waals surface area contributed by atoms with Crippen molar-refractivity contribution in [3.8, 4) is 11.7 Å². The van der Waals surface area contributed by atoms with Crippen molar-refractivity contribution in [3.63, 3.8) is 0 Å². The van der Waals surface area contributed by atoms with Gasteiger partial charge in [0.25, 0.3) is 5.91 Å².